The van der Waals surface area contributed by atoms with E-state index >= 15 is 0 Å². The maximum atomic E-state index is 11.7. The number of nitrogens with zero attached hydrogens (tertiary/aromatic N) is 1. The maximum absolute atomic E-state index is 11.7. The maximum Gasteiger partial charge on any atom is 0.258 e. The lowest BCUT2D eigenvalue weighted by molar-refractivity contribution is 0.0809. The van der Waals surface area contributed by atoms with Crippen molar-refractivity contribution in [3.05, 3.63) is 23.8 Å². The van der Waals surface area contributed by atoms with Crippen molar-refractivity contribution >= 4 is 5.91 Å². The molecule has 15 heavy (non-hydrogen) atoms. The lowest BCUT2D eigenvalue weighted by Gasteiger charge is -2.14. The second-order valence-corrected chi connectivity index (χ2v) is 3.04. The average molecular weight is 205 g/mol. The van der Waals surface area contributed by atoms with Crippen molar-refractivity contribution in [3.8, 4) is 23.8 Å². The fourth-order valence-electron chi connectivity index (χ4n) is 1.12. The molecule has 0 radical (unpaired) electrons. The van der Waals surface area contributed by atoms with Crippen LogP contribution >= 0.6 is 0 Å². The Morgan fingerprint density at radius 2 is 2.20 bits per heavy atom. The molecular formula is C11H11NO3. The smallest absolute Gasteiger partial charge is 0.258 e. The van der Waals surface area contributed by atoms with Gasteiger partial charge in [0.15, 0.2) is 11.5 Å². The van der Waals surface area contributed by atoms with Gasteiger partial charge in [0.05, 0.1) is 12.1 Å². The molecule has 0 aromatic heterocycles. The van der Waals surface area contributed by atoms with E-state index in [2.05, 4.69) is 5.92 Å². The highest BCUT2D eigenvalue weighted by molar-refractivity contribution is 5.97. The Balaban J connectivity index is 3.02. The molecule has 1 amide bonds. The van der Waals surface area contributed by atoms with Crippen molar-refractivity contribution in [1.82, 2.24) is 4.90 Å². The predicted molar refractivity (Wildman–Crippen MR) is 55.6 cm³/mol. The third-order valence-electron chi connectivity index (χ3n) is 1.92. The Hall–Kier alpha value is -2.15. The first kappa shape index (κ1) is 10.9. The first-order valence-corrected chi connectivity index (χ1v) is 4.27. The van der Waals surface area contributed by atoms with Crippen LogP contribution in [0, 0.1) is 12.3 Å². The van der Waals surface area contributed by atoms with E-state index < -0.39 is 11.7 Å². The standard InChI is InChI=1S/C11H11NO3/c1-3-7-12(2)11(15)8-5-4-6-9(13)10(8)14/h1,4-6,13-14H,7H2,2H3. The van der Waals surface area contributed by atoms with Crippen LogP contribution in [0.4, 0.5) is 0 Å². The molecule has 0 saturated carbocycles. The molecule has 0 saturated heterocycles. The van der Waals surface area contributed by atoms with Gasteiger partial charge >= 0.3 is 0 Å². The van der Waals surface area contributed by atoms with Crippen molar-refractivity contribution < 1.29 is 15.0 Å². The van der Waals surface area contributed by atoms with Crippen LogP contribution < -0.4 is 0 Å². The summed E-state index contributed by atoms with van der Waals surface area (Å²) in [5, 5.41) is 18.6. The highest BCUT2D eigenvalue weighted by Gasteiger charge is 2.16. The van der Waals surface area contributed by atoms with Crippen molar-refractivity contribution in [2.24, 2.45) is 0 Å². The summed E-state index contributed by atoms with van der Waals surface area (Å²) >= 11 is 0. The molecule has 0 bridgehead atoms. The van der Waals surface area contributed by atoms with E-state index in [4.69, 9.17) is 6.42 Å². The van der Waals surface area contributed by atoms with Crippen LogP contribution in [0.3, 0.4) is 0 Å². The summed E-state index contributed by atoms with van der Waals surface area (Å²) < 4.78 is 0. The Bertz CT molecular complexity index is 420. The number of aromatic hydroxyl groups is 2. The molecule has 0 unspecified atom stereocenters. The molecule has 0 heterocycles. The van der Waals surface area contributed by atoms with Crippen LogP contribution in [0.15, 0.2) is 18.2 Å². The number of hydrogen-bond acceptors (Lipinski definition) is 3. The molecule has 4 nitrogen and oxygen atoms in total. The molecule has 1 aromatic rings. The Morgan fingerprint density at radius 1 is 1.53 bits per heavy atom. The molecule has 1 aromatic carbocycles. The number of carbonyl (C=O) groups excluding carboxylic acids is 1. The van der Waals surface area contributed by atoms with Crippen molar-refractivity contribution in [2.75, 3.05) is 13.6 Å². The normalized spacial score (nSPS) is 9.33. The van der Waals surface area contributed by atoms with Gasteiger partial charge in [-0.05, 0) is 12.1 Å². The lowest BCUT2D eigenvalue weighted by atomic mass is 10.1. The summed E-state index contributed by atoms with van der Waals surface area (Å²) in [4.78, 5) is 12.9. The average Bonchev–Trinajstić information content (AvgIpc) is 2.21. The van der Waals surface area contributed by atoms with Gasteiger partial charge in [0.25, 0.3) is 5.91 Å². The third kappa shape index (κ3) is 2.20. The van der Waals surface area contributed by atoms with E-state index in [0.717, 1.165) is 0 Å². The Kier molecular flexibility index (Phi) is 3.19. The van der Waals surface area contributed by atoms with Gasteiger partial charge in [-0.25, -0.2) is 0 Å². The number of benzene rings is 1. The molecule has 0 atom stereocenters. The highest BCUT2D eigenvalue weighted by atomic mass is 16.3. The molecule has 0 fully saturated rings. The molecule has 4 heteroatoms. The van der Waals surface area contributed by atoms with Gasteiger partial charge in [-0.15, -0.1) is 6.42 Å². The fourth-order valence-corrected chi connectivity index (χ4v) is 1.12. The van der Waals surface area contributed by atoms with Gasteiger partial charge in [-0.1, -0.05) is 12.0 Å². The second kappa shape index (κ2) is 4.38. The van der Waals surface area contributed by atoms with Gasteiger partial charge in [0.1, 0.15) is 0 Å². The summed E-state index contributed by atoms with van der Waals surface area (Å²) in [6, 6.07) is 4.20. The van der Waals surface area contributed by atoms with Crippen LogP contribution in [0.5, 0.6) is 11.5 Å². The van der Waals surface area contributed by atoms with E-state index in [9.17, 15) is 15.0 Å². The summed E-state index contributed by atoms with van der Waals surface area (Å²) in [5.74, 6) is 1.14. The van der Waals surface area contributed by atoms with E-state index in [1.165, 1.54) is 30.1 Å². The largest absolute Gasteiger partial charge is 0.504 e. The van der Waals surface area contributed by atoms with Crippen molar-refractivity contribution in [3.63, 3.8) is 0 Å². The SMILES string of the molecule is C#CCN(C)C(=O)c1cccc(O)c1O. The molecule has 0 aliphatic heterocycles. The Morgan fingerprint density at radius 3 is 2.80 bits per heavy atom. The molecule has 0 aliphatic rings. The van der Waals surface area contributed by atoms with E-state index in [1.807, 2.05) is 0 Å². The summed E-state index contributed by atoms with van der Waals surface area (Å²) in [6.45, 7) is 0.147. The minimum absolute atomic E-state index is 0.0350. The van der Waals surface area contributed by atoms with Gasteiger partial charge < -0.3 is 15.1 Å². The van der Waals surface area contributed by atoms with Gasteiger partial charge in [0.2, 0.25) is 0 Å². The molecular weight excluding hydrogens is 194 g/mol. The molecule has 0 spiro atoms. The zero-order valence-electron chi connectivity index (χ0n) is 8.27. The molecule has 1 rings (SSSR count). The number of hydrogen-bond donors (Lipinski definition) is 2. The van der Waals surface area contributed by atoms with E-state index in [1.54, 1.807) is 0 Å². The summed E-state index contributed by atoms with van der Waals surface area (Å²) in [5.41, 5.74) is 0.0350. The van der Waals surface area contributed by atoms with E-state index in [-0.39, 0.29) is 17.9 Å². The van der Waals surface area contributed by atoms with Crippen molar-refractivity contribution in [1.29, 1.82) is 0 Å². The van der Waals surface area contributed by atoms with Crippen LogP contribution in [-0.4, -0.2) is 34.6 Å². The predicted octanol–water partition coefficient (Wildman–Crippen LogP) is 0.803. The van der Waals surface area contributed by atoms with Crippen LogP contribution in [0.25, 0.3) is 0 Å². The second-order valence-electron chi connectivity index (χ2n) is 3.04. The number of rotatable bonds is 2. The minimum Gasteiger partial charge on any atom is -0.504 e. The van der Waals surface area contributed by atoms with Crippen molar-refractivity contribution in [2.45, 2.75) is 0 Å². The molecule has 0 aliphatic carbocycles. The van der Waals surface area contributed by atoms with Crippen LogP contribution in [0.2, 0.25) is 0 Å². The topological polar surface area (TPSA) is 60.8 Å². The first-order chi connectivity index (χ1) is 7.07. The monoisotopic (exact) mass is 205 g/mol. The van der Waals surface area contributed by atoms with Crippen LogP contribution in [-0.2, 0) is 0 Å². The lowest BCUT2D eigenvalue weighted by Crippen LogP contribution is -2.26. The number of para-hydroxylation sites is 1. The van der Waals surface area contributed by atoms with Gasteiger partial charge in [0, 0.05) is 7.05 Å². The van der Waals surface area contributed by atoms with E-state index in [0.29, 0.717) is 0 Å². The number of phenols is 2. The minimum atomic E-state index is -0.429. The van der Waals surface area contributed by atoms with Crippen LogP contribution in [0.1, 0.15) is 10.4 Å². The van der Waals surface area contributed by atoms with Gasteiger partial charge in [-0.2, -0.15) is 0 Å². The molecule has 2 N–H and O–H groups in total. The summed E-state index contributed by atoms with van der Waals surface area (Å²) in [6.07, 6.45) is 5.06. The number of terminal acetylenes is 1. The quantitative estimate of drug-likeness (QED) is 0.554. The number of carbonyl (C=O) groups is 1. The van der Waals surface area contributed by atoms with Gasteiger partial charge in [-0.3, -0.25) is 4.79 Å². The molecule has 78 valence electrons. The number of amides is 1. The number of phenolic OH excluding ortho intramolecular Hbond substituents is 2. The first-order valence-electron chi connectivity index (χ1n) is 4.27. The summed E-state index contributed by atoms with van der Waals surface area (Å²) in [7, 11) is 1.52. The fraction of sp³-hybridized carbons (Fsp3) is 0.182. The zero-order valence-corrected chi connectivity index (χ0v) is 8.27. The Labute approximate surface area is 87.8 Å². The zero-order chi connectivity index (χ0) is 11.4. The third-order valence-corrected chi connectivity index (χ3v) is 1.92. The highest BCUT2D eigenvalue weighted by Crippen LogP contribution is 2.28.